The maximum atomic E-state index is 14.5. The molecule has 2 unspecified atom stereocenters. The van der Waals surface area contributed by atoms with Gasteiger partial charge in [-0.05, 0) is 37.7 Å². The van der Waals surface area contributed by atoms with Crippen LogP contribution in [-0.4, -0.2) is 87.1 Å². The Morgan fingerprint density at radius 3 is 2.37 bits per heavy atom. The van der Waals surface area contributed by atoms with E-state index >= 15 is 0 Å². The highest BCUT2D eigenvalue weighted by Crippen LogP contribution is 2.64. The third-order valence-electron chi connectivity index (χ3n) is 9.35. The van der Waals surface area contributed by atoms with E-state index < -0.39 is 35.1 Å². The number of hydrogen-bond donors (Lipinski definition) is 1. The van der Waals surface area contributed by atoms with Crippen LogP contribution in [0.25, 0.3) is 0 Å². The summed E-state index contributed by atoms with van der Waals surface area (Å²) in [5.41, 5.74) is -1.03. The second-order valence-corrected chi connectivity index (χ2v) is 12.4. The smallest absolute Gasteiger partial charge is 0.248 e. The van der Waals surface area contributed by atoms with Crippen molar-refractivity contribution in [2.75, 3.05) is 26.2 Å². The molecule has 8 heteroatoms. The van der Waals surface area contributed by atoms with Gasteiger partial charge >= 0.3 is 0 Å². The molecule has 8 nitrogen and oxygen atoms in total. The van der Waals surface area contributed by atoms with Gasteiger partial charge in [0, 0.05) is 26.2 Å². The molecule has 1 aromatic rings. The van der Waals surface area contributed by atoms with Gasteiger partial charge in [0.1, 0.15) is 11.6 Å². The van der Waals surface area contributed by atoms with Crippen LogP contribution in [0, 0.1) is 17.8 Å². The first-order valence-corrected chi connectivity index (χ1v) is 15.1. The molecule has 4 rings (SSSR count). The van der Waals surface area contributed by atoms with Gasteiger partial charge in [-0.3, -0.25) is 14.4 Å². The zero-order valence-electron chi connectivity index (χ0n) is 25.1. The van der Waals surface area contributed by atoms with Crippen LogP contribution in [0.15, 0.2) is 55.6 Å². The molecule has 1 aromatic carbocycles. The molecule has 224 valence electrons. The highest BCUT2D eigenvalue weighted by Gasteiger charge is 2.79. The molecule has 1 spiro atoms. The van der Waals surface area contributed by atoms with Crippen LogP contribution in [0.5, 0.6) is 0 Å². The fourth-order valence-corrected chi connectivity index (χ4v) is 7.35. The molecular formula is C33H47N3O5. The number of amides is 3. The molecule has 3 saturated heterocycles. The van der Waals surface area contributed by atoms with E-state index in [1.165, 1.54) is 0 Å². The number of carbonyl (C=O) groups is 3. The lowest BCUT2D eigenvalue weighted by Crippen LogP contribution is -2.59. The highest BCUT2D eigenvalue weighted by atomic mass is 16.5. The molecule has 0 radical (unpaired) electrons. The molecule has 3 amide bonds. The van der Waals surface area contributed by atoms with Gasteiger partial charge in [-0.1, -0.05) is 69.7 Å². The number of rotatable bonds is 14. The number of ether oxygens (including phenoxy) is 1. The highest BCUT2D eigenvalue weighted by molar-refractivity contribution is 5.99. The van der Waals surface area contributed by atoms with Gasteiger partial charge in [-0.15, -0.1) is 13.2 Å². The van der Waals surface area contributed by atoms with E-state index in [1.54, 1.807) is 26.9 Å². The summed E-state index contributed by atoms with van der Waals surface area (Å²) in [6.07, 6.45) is 6.21. The van der Waals surface area contributed by atoms with Crippen molar-refractivity contribution in [3.05, 3.63) is 61.2 Å². The molecule has 41 heavy (non-hydrogen) atoms. The Hall–Kier alpha value is -2.97. The largest absolute Gasteiger partial charge is 0.394 e. The minimum absolute atomic E-state index is 0.102. The summed E-state index contributed by atoms with van der Waals surface area (Å²) >= 11 is 0. The number of likely N-dealkylation sites (tertiary alicyclic amines) is 1. The lowest BCUT2D eigenvalue weighted by atomic mass is 9.66. The van der Waals surface area contributed by atoms with E-state index in [9.17, 15) is 19.5 Å². The number of fused-ring (bicyclic) bond motifs is 1. The van der Waals surface area contributed by atoms with Crippen molar-refractivity contribution < 1.29 is 24.2 Å². The van der Waals surface area contributed by atoms with E-state index in [-0.39, 0.29) is 30.2 Å². The molecular weight excluding hydrogens is 518 g/mol. The molecule has 3 aliphatic heterocycles. The Morgan fingerprint density at radius 2 is 1.78 bits per heavy atom. The number of hydrogen-bond acceptors (Lipinski definition) is 5. The fourth-order valence-electron chi connectivity index (χ4n) is 7.35. The third kappa shape index (κ3) is 5.37. The summed E-state index contributed by atoms with van der Waals surface area (Å²) < 4.78 is 6.83. The predicted molar refractivity (Wildman–Crippen MR) is 159 cm³/mol. The van der Waals surface area contributed by atoms with E-state index in [1.807, 2.05) is 51.1 Å². The molecule has 3 aliphatic rings. The summed E-state index contributed by atoms with van der Waals surface area (Å²) in [5, 5.41) is 10.5. The molecule has 1 N–H and O–H groups in total. The van der Waals surface area contributed by atoms with Crippen molar-refractivity contribution in [1.29, 1.82) is 0 Å². The van der Waals surface area contributed by atoms with Gasteiger partial charge in [0.15, 0.2) is 0 Å². The Balaban J connectivity index is 1.79. The third-order valence-corrected chi connectivity index (χ3v) is 9.35. The van der Waals surface area contributed by atoms with E-state index in [4.69, 9.17) is 4.74 Å². The summed E-state index contributed by atoms with van der Waals surface area (Å²) in [7, 11) is 0. The van der Waals surface area contributed by atoms with Gasteiger partial charge < -0.3 is 24.5 Å². The first kappa shape index (κ1) is 31.0. The van der Waals surface area contributed by atoms with Gasteiger partial charge in [0.25, 0.3) is 0 Å². The molecule has 0 aliphatic carbocycles. The lowest BCUT2D eigenvalue weighted by Gasteiger charge is -2.40. The summed E-state index contributed by atoms with van der Waals surface area (Å²) in [6.45, 7) is 16.9. The minimum atomic E-state index is -1.14. The molecule has 0 aromatic heterocycles. The molecule has 2 bridgehead atoms. The topological polar surface area (TPSA) is 90.4 Å². The quantitative estimate of drug-likeness (QED) is 0.347. The number of unbranched alkanes of at least 4 members (excludes halogenated alkanes) is 1. The average Bonchev–Trinajstić information content (AvgIpc) is 3.52. The molecule has 3 heterocycles. The minimum Gasteiger partial charge on any atom is -0.394 e. The molecule has 0 saturated carbocycles. The zero-order valence-corrected chi connectivity index (χ0v) is 25.1. The second kappa shape index (κ2) is 12.5. The first-order chi connectivity index (χ1) is 19.6. The van der Waals surface area contributed by atoms with Crippen LogP contribution in [0.1, 0.15) is 58.9 Å². The molecule has 6 atom stereocenters. The standard InChI is InChI=1S/C33H47N3O5/c1-7-10-20-34(18-8-2)31(40)28-33-17-16-32(6,41-33)26(27(33)30(39)36(28)25(22-37)23(4)5)29(38)35(19-9-3)21-24-14-12-11-13-15-24/h8-9,11-15,23,25-28,37H,2-3,7,10,16-22H2,1,4-6H3/t25-,26+,27-,28?,32-,33?/m0/s1. The number of aliphatic hydroxyl groups is 1. The van der Waals surface area contributed by atoms with Crippen LogP contribution in [-0.2, 0) is 25.7 Å². The number of benzene rings is 1. The number of aliphatic hydroxyl groups excluding tert-OH is 1. The van der Waals surface area contributed by atoms with Crippen molar-refractivity contribution in [3.63, 3.8) is 0 Å². The number of carbonyl (C=O) groups excluding carboxylic acids is 3. The van der Waals surface area contributed by atoms with Crippen molar-refractivity contribution in [2.45, 2.75) is 83.2 Å². The maximum absolute atomic E-state index is 14.5. The maximum Gasteiger partial charge on any atom is 0.248 e. The van der Waals surface area contributed by atoms with Crippen LogP contribution < -0.4 is 0 Å². The zero-order chi connectivity index (χ0) is 29.9. The summed E-state index contributed by atoms with van der Waals surface area (Å²) in [6, 6.07) is 8.26. The van der Waals surface area contributed by atoms with Gasteiger partial charge in [-0.2, -0.15) is 0 Å². The summed E-state index contributed by atoms with van der Waals surface area (Å²) in [5.74, 6) is -2.29. The van der Waals surface area contributed by atoms with Gasteiger partial charge in [0.2, 0.25) is 17.7 Å². The van der Waals surface area contributed by atoms with E-state index in [0.717, 1.165) is 18.4 Å². The Labute approximate surface area is 245 Å². The Bertz CT molecular complexity index is 1140. The van der Waals surface area contributed by atoms with Crippen molar-refractivity contribution >= 4 is 17.7 Å². The number of nitrogens with zero attached hydrogens (tertiary/aromatic N) is 3. The predicted octanol–water partition coefficient (Wildman–Crippen LogP) is 3.80. The monoisotopic (exact) mass is 565 g/mol. The summed E-state index contributed by atoms with van der Waals surface area (Å²) in [4.78, 5) is 48.5. The van der Waals surface area contributed by atoms with Crippen LogP contribution in [0.2, 0.25) is 0 Å². The Kier molecular flexibility index (Phi) is 9.44. The van der Waals surface area contributed by atoms with Crippen LogP contribution in [0.3, 0.4) is 0 Å². The SMILES string of the molecule is C=CCN(CCCC)C(=O)C1N([C@@H](CO)C(C)C)C(=O)[C@@H]2[C@H](C(=O)N(CC=C)Cc3ccccc3)[C@]3(C)CCC12O3. The van der Waals surface area contributed by atoms with E-state index in [2.05, 4.69) is 20.1 Å². The Morgan fingerprint density at radius 1 is 1.12 bits per heavy atom. The van der Waals surface area contributed by atoms with Crippen LogP contribution >= 0.6 is 0 Å². The average molecular weight is 566 g/mol. The lowest BCUT2D eigenvalue weighted by molar-refractivity contribution is -0.157. The fraction of sp³-hybridized carbons (Fsp3) is 0.606. The van der Waals surface area contributed by atoms with E-state index in [0.29, 0.717) is 39.0 Å². The van der Waals surface area contributed by atoms with Gasteiger partial charge in [-0.25, -0.2) is 0 Å². The van der Waals surface area contributed by atoms with Gasteiger partial charge in [0.05, 0.1) is 30.1 Å². The normalized spacial score (nSPS) is 29.0. The van der Waals surface area contributed by atoms with Crippen molar-refractivity contribution in [2.24, 2.45) is 17.8 Å². The second-order valence-electron chi connectivity index (χ2n) is 12.4. The molecule has 3 fully saturated rings. The first-order valence-electron chi connectivity index (χ1n) is 15.1. The van der Waals surface area contributed by atoms with Crippen molar-refractivity contribution in [3.8, 4) is 0 Å². The van der Waals surface area contributed by atoms with Crippen molar-refractivity contribution in [1.82, 2.24) is 14.7 Å². The van der Waals surface area contributed by atoms with Crippen LogP contribution in [0.4, 0.5) is 0 Å².